The number of methoxy groups -OCH3 is 1. The van der Waals surface area contributed by atoms with Crippen LogP contribution in [0.2, 0.25) is 5.02 Å². The maximum atomic E-state index is 13.3. The van der Waals surface area contributed by atoms with Crippen molar-refractivity contribution in [1.82, 2.24) is 20.0 Å². The van der Waals surface area contributed by atoms with Gasteiger partial charge in [-0.2, -0.15) is 0 Å². The van der Waals surface area contributed by atoms with Crippen molar-refractivity contribution in [3.63, 3.8) is 0 Å². The fraction of sp³-hybridized carbons (Fsp3) is 0.286. The van der Waals surface area contributed by atoms with Gasteiger partial charge in [-0.05, 0) is 43.7 Å². The van der Waals surface area contributed by atoms with Crippen LogP contribution in [-0.2, 0) is 4.84 Å². The maximum absolute atomic E-state index is 13.3. The highest BCUT2D eigenvalue weighted by atomic mass is 35.5. The molecule has 3 heterocycles. The molecule has 0 aliphatic carbocycles. The smallest absolute Gasteiger partial charge is 0.265 e. The molecule has 0 unspecified atom stereocenters. The Balaban J connectivity index is 1.70. The molecule has 7 nitrogen and oxygen atoms in total. The monoisotopic (exact) mass is 447 g/mol. The van der Waals surface area contributed by atoms with Crippen molar-refractivity contribution in [2.45, 2.75) is 32.4 Å². The Morgan fingerprint density at radius 1 is 1.26 bits per heavy atom. The van der Waals surface area contributed by atoms with E-state index in [0.29, 0.717) is 28.7 Å². The first-order valence-electron chi connectivity index (χ1n) is 9.50. The molecule has 1 aromatic carbocycles. The van der Waals surface area contributed by atoms with Crippen molar-refractivity contribution < 1.29 is 18.4 Å². The van der Waals surface area contributed by atoms with Crippen molar-refractivity contribution in [3.8, 4) is 11.6 Å². The topological polar surface area (TPSA) is 73.6 Å². The van der Waals surface area contributed by atoms with Gasteiger partial charge in [-0.15, -0.1) is 0 Å². The lowest BCUT2D eigenvalue weighted by Crippen LogP contribution is -2.38. The number of rotatable bonds is 5. The lowest BCUT2D eigenvalue weighted by Gasteiger charge is -2.28. The minimum absolute atomic E-state index is 0.0159. The molecule has 10 heteroatoms. The van der Waals surface area contributed by atoms with Gasteiger partial charge in [0.05, 0.1) is 19.1 Å². The molecule has 4 rings (SSSR count). The predicted molar refractivity (Wildman–Crippen MR) is 112 cm³/mol. The fourth-order valence-corrected chi connectivity index (χ4v) is 3.53. The molecule has 31 heavy (non-hydrogen) atoms. The third-order valence-corrected chi connectivity index (χ3v) is 5.26. The number of nitrogens with one attached hydrogen (secondary N) is 1. The molecule has 1 aliphatic heterocycles. The summed E-state index contributed by atoms with van der Waals surface area (Å²) in [7, 11) is 1.52. The van der Waals surface area contributed by atoms with Gasteiger partial charge < -0.3 is 9.30 Å². The first-order valence-corrected chi connectivity index (χ1v) is 9.88. The number of aliphatic imine (C=N–C) groups is 1. The minimum Gasteiger partial charge on any atom is -0.479 e. The molecule has 0 bridgehead atoms. The van der Waals surface area contributed by atoms with E-state index < -0.39 is 18.6 Å². The summed E-state index contributed by atoms with van der Waals surface area (Å²) in [6.45, 7) is 3.69. The number of hydrogen-bond donors (Lipinski definition) is 1. The van der Waals surface area contributed by atoms with E-state index in [4.69, 9.17) is 21.2 Å². The van der Waals surface area contributed by atoms with Crippen molar-refractivity contribution in [2.75, 3.05) is 7.11 Å². The molecular formula is C21H20ClF2N5O2. The minimum atomic E-state index is -2.68. The SMILES string of the molecule is COc1nc(C2=N[C@H](c3ccc(Cl)c(C(F)F)c3)[C@H](C)ON2)ccc1-n1cnc(C)c1. The van der Waals surface area contributed by atoms with Gasteiger partial charge in [0.1, 0.15) is 23.5 Å². The molecule has 0 saturated heterocycles. The molecular weight excluding hydrogens is 428 g/mol. The standard InChI is InChI=1S/C21H20ClF2N5O2/c1-11-9-29(10-25-11)17-7-6-16(26-21(17)30-3)20-27-18(12(2)31-28-20)13-4-5-15(22)14(8-13)19(23)24/h4-10,12,18-19H,1-3H3,(H,27,28)/t12-,18-/m0/s1. The maximum Gasteiger partial charge on any atom is 0.265 e. The summed E-state index contributed by atoms with van der Waals surface area (Å²) in [6.07, 6.45) is 0.453. The van der Waals surface area contributed by atoms with Crippen LogP contribution in [0.1, 0.15) is 41.9 Å². The molecule has 0 spiro atoms. The first-order chi connectivity index (χ1) is 14.9. The Bertz CT molecular complexity index is 1130. The molecule has 0 saturated carbocycles. The number of alkyl halides is 2. The molecule has 1 N–H and O–H groups in total. The van der Waals surface area contributed by atoms with Crippen molar-refractivity contribution in [3.05, 3.63) is 70.4 Å². The van der Waals surface area contributed by atoms with E-state index >= 15 is 0 Å². The van der Waals surface area contributed by atoms with Gasteiger partial charge in [0.25, 0.3) is 6.43 Å². The van der Waals surface area contributed by atoms with Crippen LogP contribution in [-0.4, -0.2) is 33.6 Å². The number of hydrogen-bond acceptors (Lipinski definition) is 6. The second kappa shape index (κ2) is 8.60. The summed E-state index contributed by atoms with van der Waals surface area (Å²) >= 11 is 5.90. The third-order valence-electron chi connectivity index (χ3n) is 4.92. The summed E-state index contributed by atoms with van der Waals surface area (Å²) in [5.74, 6) is 0.740. The van der Waals surface area contributed by atoms with Crippen molar-refractivity contribution >= 4 is 17.4 Å². The van der Waals surface area contributed by atoms with Crippen LogP contribution in [0.5, 0.6) is 5.88 Å². The second-order valence-corrected chi connectivity index (χ2v) is 7.48. The van der Waals surface area contributed by atoms with Crippen LogP contribution in [0, 0.1) is 6.92 Å². The number of aryl methyl sites for hydroxylation is 1. The average molecular weight is 448 g/mol. The number of pyridine rings is 1. The zero-order valence-corrected chi connectivity index (χ0v) is 17.8. The van der Waals surface area contributed by atoms with E-state index in [0.717, 1.165) is 5.69 Å². The number of aromatic nitrogens is 3. The highest BCUT2D eigenvalue weighted by Gasteiger charge is 2.28. The lowest BCUT2D eigenvalue weighted by atomic mass is 10.00. The Hall–Kier alpha value is -3.04. The normalized spacial score (nSPS) is 18.6. The van der Waals surface area contributed by atoms with Crippen LogP contribution in [0.3, 0.4) is 0 Å². The van der Waals surface area contributed by atoms with Gasteiger partial charge in [-0.25, -0.2) is 24.2 Å². The van der Waals surface area contributed by atoms with Crippen LogP contribution in [0.4, 0.5) is 8.78 Å². The van der Waals surface area contributed by atoms with Crippen molar-refractivity contribution in [1.29, 1.82) is 0 Å². The molecule has 162 valence electrons. The van der Waals surface area contributed by atoms with Gasteiger partial charge in [0, 0.05) is 16.8 Å². The van der Waals surface area contributed by atoms with Crippen LogP contribution in [0.15, 0.2) is 47.8 Å². The summed E-state index contributed by atoms with van der Waals surface area (Å²) in [4.78, 5) is 19.1. The summed E-state index contributed by atoms with van der Waals surface area (Å²) in [5.41, 5.74) is 5.19. The largest absolute Gasteiger partial charge is 0.479 e. The van der Waals surface area contributed by atoms with Gasteiger partial charge in [0.15, 0.2) is 5.84 Å². The number of nitrogens with zero attached hydrogens (tertiary/aromatic N) is 4. The zero-order chi connectivity index (χ0) is 22.1. The summed E-state index contributed by atoms with van der Waals surface area (Å²) < 4.78 is 33.8. The molecule has 1 aliphatic rings. The molecule has 3 aromatic rings. The van der Waals surface area contributed by atoms with Gasteiger partial charge >= 0.3 is 0 Å². The van der Waals surface area contributed by atoms with E-state index in [-0.39, 0.29) is 10.6 Å². The van der Waals surface area contributed by atoms with Crippen LogP contribution >= 0.6 is 11.6 Å². The zero-order valence-electron chi connectivity index (χ0n) is 17.0. The quantitative estimate of drug-likeness (QED) is 0.619. The van der Waals surface area contributed by atoms with Crippen molar-refractivity contribution in [2.24, 2.45) is 4.99 Å². The Morgan fingerprint density at radius 2 is 2.06 bits per heavy atom. The van der Waals surface area contributed by atoms with Crippen LogP contribution in [0.25, 0.3) is 5.69 Å². The molecule has 0 amide bonds. The van der Waals surface area contributed by atoms with Gasteiger partial charge in [-0.3, -0.25) is 9.83 Å². The van der Waals surface area contributed by atoms with E-state index in [1.54, 1.807) is 25.4 Å². The second-order valence-electron chi connectivity index (χ2n) is 7.08. The Morgan fingerprint density at radius 3 is 2.74 bits per heavy atom. The number of imidazole rings is 1. The number of benzene rings is 1. The third kappa shape index (κ3) is 4.24. The molecule has 0 radical (unpaired) electrons. The fourth-order valence-electron chi connectivity index (χ4n) is 3.33. The van der Waals surface area contributed by atoms with E-state index in [2.05, 4.69) is 20.4 Å². The summed E-state index contributed by atoms with van der Waals surface area (Å²) in [6, 6.07) is 7.56. The number of amidine groups is 1. The Labute approximate surface area is 182 Å². The Kier molecular flexibility index (Phi) is 5.88. The van der Waals surface area contributed by atoms with Crippen LogP contribution < -0.4 is 10.2 Å². The molecule has 2 atom stereocenters. The number of hydroxylamine groups is 1. The lowest BCUT2D eigenvalue weighted by molar-refractivity contribution is -0.00484. The van der Waals surface area contributed by atoms with E-state index in [1.807, 2.05) is 23.8 Å². The first kappa shape index (κ1) is 21.2. The average Bonchev–Trinajstić information content (AvgIpc) is 3.20. The van der Waals surface area contributed by atoms with E-state index in [1.165, 1.54) is 19.2 Å². The molecule has 0 fully saturated rings. The number of ether oxygens (including phenoxy) is 1. The van der Waals surface area contributed by atoms with Gasteiger partial charge in [0.2, 0.25) is 5.88 Å². The highest BCUT2D eigenvalue weighted by Crippen LogP contribution is 2.33. The number of halogens is 3. The predicted octanol–water partition coefficient (Wildman–Crippen LogP) is 4.59. The van der Waals surface area contributed by atoms with Gasteiger partial charge in [-0.1, -0.05) is 17.7 Å². The summed E-state index contributed by atoms with van der Waals surface area (Å²) in [5, 5.41) is 0.0159. The van der Waals surface area contributed by atoms with E-state index in [9.17, 15) is 8.78 Å². The highest BCUT2D eigenvalue weighted by molar-refractivity contribution is 6.31. The molecule has 2 aromatic heterocycles.